The average Bonchev–Trinajstić information content (AvgIpc) is 3.05. The molecule has 0 spiro atoms. The Morgan fingerprint density at radius 2 is 1.73 bits per heavy atom. The summed E-state index contributed by atoms with van der Waals surface area (Å²) in [5.74, 6) is -3.99. The van der Waals surface area contributed by atoms with Gasteiger partial charge in [-0.2, -0.15) is 13.2 Å². The monoisotopic (exact) mass is 793 g/mol. The highest BCUT2D eigenvalue weighted by Crippen LogP contribution is 2.36. The van der Waals surface area contributed by atoms with E-state index in [0.717, 1.165) is 18.3 Å². The molecule has 1 fully saturated rings. The highest BCUT2D eigenvalue weighted by atomic mass is 79.9. The first-order valence-electron chi connectivity index (χ1n) is 16.2. The fraction of sp³-hybridized carbons (Fsp3) is 0.324. The third-order valence-corrected chi connectivity index (χ3v) is 9.25. The third-order valence-electron chi connectivity index (χ3n) is 8.76. The van der Waals surface area contributed by atoms with Crippen molar-refractivity contribution in [1.29, 1.82) is 0 Å². The van der Waals surface area contributed by atoms with E-state index in [1.807, 2.05) is 0 Å². The van der Waals surface area contributed by atoms with E-state index in [0.29, 0.717) is 27.3 Å². The molecular weight excluding hydrogens is 760 g/mol. The maximum Gasteiger partial charge on any atom is 0.416 e. The smallest absolute Gasteiger partial charge is 0.416 e. The number of benzene rings is 3. The summed E-state index contributed by atoms with van der Waals surface area (Å²) < 4.78 is 93.1. The Morgan fingerprint density at radius 3 is 2.38 bits per heavy atom. The van der Waals surface area contributed by atoms with Crippen molar-refractivity contribution in [3.63, 3.8) is 0 Å². The van der Waals surface area contributed by atoms with Crippen LogP contribution in [0.5, 0.6) is 5.75 Å². The SMILES string of the molecule is CCOC(=O)C[C@H](NC(=O)C(c1cc(Br)ccc1F)n1cc(CCN2CC(F)C2)c(C(F)(F)F)cc1=O)c1cc(-c2c(C)cccc2O)ccc1F. The molecule has 0 radical (unpaired) electrons. The Balaban J connectivity index is 1.63. The van der Waals surface area contributed by atoms with Crippen LogP contribution in [0.2, 0.25) is 0 Å². The number of phenols is 1. The summed E-state index contributed by atoms with van der Waals surface area (Å²) >= 11 is 3.20. The molecule has 2 N–H and O–H groups in total. The van der Waals surface area contributed by atoms with E-state index >= 15 is 8.78 Å². The maximum atomic E-state index is 15.6. The molecule has 1 unspecified atom stereocenters. The Bertz CT molecular complexity index is 2010. The molecule has 52 heavy (non-hydrogen) atoms. The van der Waals surface area contributed by atoms with Gasteiger partial charge in [0.1, 0.15) is 29.6 Å². The normalized spacial score (nSPS) is 14.8. The number of carbonyl (C=O) groups excluding carboxylic acids is 2. The number of nitrogens with one attached hydrogen (secondary N) is 1. The van der Waals surface area contributed by atoms with E-state index < -0.39 is 76.6 Å². The highest BCUT2D eigenvalue weighted by Gasteiger charge is 2.37. The number of aryl methyl sites for hydroxylation is 1. The van der Waals surface area contributed by atoms with Crippen LogP contribution in [-0.4, -0.2) is 58.9 Å². The summed E-state index contributed by atoms with van der Waals surface area (Å²) in [6.07, 6.45) is -6.18. The van der Waals surface area contributed by atoms with Crippen molar-refractivity contribution in [3.05, 3.63) is 121 Å². The molecule has 0 aliphatic carbocycles. The van der Waals surface area contributed by atoms with Crippen molar-refractivity contribution in [2.45, 2.75) is 51.1 Å². The van der Waals surface area contributed by atoms with Gasteiger partial charge in [-0.3, -0.25) is 23.9 Å². The number of rotatable bonds is 12. The number of aromatic nitrogens is 1. The number of pyridine rings is 1. The minimum atomic E-state index is -4.97. The molecule has 4 aromatic rings. The third kappa shape index (κ3) is 8.69. The van der Waals surface area contributed by atoms with Gasteiger partial charge in [-0.05, 0) is 73.4 Å². The molecule has 2 atom stereocenters. The van der Waals surface area contributed by atoms with Crippen LogP contribution in [0.4, 0.5) is 26.3 Å². The lowest BCUT2D eigenvalue weighted by Gasteiger charge is -2.34. The summed E-state index contributed by atoms with van der Waals surface area (Å²) in [5.41, 5.74) is -2.30. The average molecular weight is 795 g/mol. The van der Waals surface area contributed by atoms with E-state index in [2.05, 4.69) is 21.2 Å². The van der Waals surface area contributed by atoms with Gasteiger partial charge in [0.2, 0.25) is 5.91 Å². The largest absolute Gasteiger partial charge is 0.507 e. The number of carbonyl (C=O) groups is 2. The number of likely N-dealkylation sites (tertiary alicyclic amines) is 1. The number of halogens is 7. The maximum absolute atomic E-state index is 15.6. The lowest BCUT2D eigenvalue weighted by molar-refractivity contribution is -0.144. The fourth-order valence-corrected chi connectivity index (χ4v) is 6.62. The van der Waals surface area contributed by atoms with Gasteiger partial charge in [-0.15, -0.1) is 0 Å². The lowest BCUT2D eigenvalue weighted by atomic mass is 9.94. The molecule has 1 aromatic heterocycles. The van der Waals surface area contributed by atoms with Crippen LogP contribution in [-0.2, 0) is 26.9 Å². The number of hydrogen-bond acceptors (Lipinski definition) is 6. The molecule has 276 valence electrons. The van der Waals surface area contributed by atoms with Gasteiger partial charge in [0.15, 0.2) is 0 Å². The van der Waals surface area contributed by atoms with Crippen molar-refractivity contribution in [2.24, 2.45) is 0 Å². The molecule has 1 aliphatic rings. The summed E-state index contributed by atoms with van der Waals surface area (Å²) in [4.78, 5) is 42.2. The number of aromatic hydroxyl groups is 1. The second-order valence-corrected chi connectivity index (χ2v) is 13.3. The van der Waals surface area contributed by atoms with Gasteiger partial charge in [0.05, 0.1) is 24.6 Å². The molecule has 1 aliphatic heterocycles. The summed E-state index contributed by atoms with van der Waals surface area (Å²) in [5, 5.41) is 13.1. The molecule has 3 aromatic carbocycles. The number of amides is 1. The van der Waals surface area contributed by atoms with Crippen LogP contribution in [0.3, 0.4) is 0 Å². The quantitative estimate of drug-likeness (QED) is 0.117. The zero-order valence-corrected chi connectivity index (χ0v) is 29.5. The molecule has 2 heterocycles. The first-order chi connectivity index (χ1) is 24.6. The fourth-order valence-electron chi connectivity index (χ4n) is 6.24. The minimum absolute atomic E-state index is 0.0114. The number of ether oxygens (including phenoxy) is 1. The van der Waals surface area contributed by atoms with Gasteiger partial charge in [-0.1, -0.05) is 34.1 Å². The second kappa shape index (κ2) is 15.9. The van der Waals surface area contributed by atoms with E-state index in [4.69, 9.17) is 4.74 Å². The summed E-state index contributed by atoms with van der Waals surface area (Å²) in [6.45, 7) is 3.25. The highest BCUT2D eigenvalue weighted by molar-refractivity contribution is 9.10. The molecule has 1 saturated heterocycles. The number of phenolic OH excluding ortho intramolecular Hbond substituents is 1. The lowest BCUT2D eigenvalue weighted by Crippen LogP contribution is -2.49. The Labute approximate surface area is 303 Å². The Morgan fingerprint density at radius 1 is 1.04 bits per heavy atom. The van der Waals surface area contributed by atoms with Gasteiger partial charge in [-0.25, -0.2) is 13.2 Å². The van der Waals surface area contributed by atoms with Gasteiger partial charge >= 0.3 is 12.1 Å². The van der Waals surface area contributed by atoms with Crippen molar-refractivity contribution in [3.8, 4) is 16.9 Å². The second-order valence-electron chi connectivity index (χ2n) is 12.4. The molecule has 5 rings (SSSR count). The zero-order valence-electron chi connectivity index (χ0n) is 27.9. The van der Waals surface area contributed by atoms with Gasteiger partial charge in [0, 0.05) is 53.1 Å². The van der Waals surface area contributed by atoms with Gasteiger partial charge < -0.3 is 15.2 Å². The molecule has 8 nitrogen and oxygen atoms in total. The first-order valence-corrected chi connectivity index (χ1v) is 17.0. The van der Waals surface area contributed by atoms with Crippen LogP contribution in [0, 0.1) is 18.6 Å². The molecule has 15 heteroatoms. The Hall–Kier alpha value is -4.63. The number of hydrogen-bond donors (Lipinski definition) is 2. The number of alkyl halides is 4. The van der Waals surface area contributed by atoms with Crippen LogP contribution < -0.4 is 10.9 Å². The van der Waals surface area contributed by atoms with Crippen LogP contribution in [0.15, 0.2) is 76.1 Å². The topological polar surface area (TPSA) is 101 Å². The molecule has 0 saturated carbocycles. The van der Waals surface area contributed by atoms with Crippen molar-refractivity contribution >= 4 is 27.8 Å². The van der Waals surface area contributed by atoms with E-state index in [1.54, 1.807) is 24.0 Å². The van der Waals surface area contributed by atoms with Crippen LogP contribution in [0.25, 0.3) is 11.1 Å². The van der Waals surface area contributed by atoms with Crippen molar-refractivity contribution < 1.29 is 45.8 Å². The van der Waals surface area contributed by atoms with E-state index in [-0.39, 0.29) is 48.4 Å². The molecule has 1 amide bonds. The van der Waals surface area contributed by atoms with Crippen molar-refractivity contribution in [2.75, 3.05) is 26.2 Å². The standard InChI is InChI=1S/C37H34BrF6N3O5/c1-3-52-33(50)16-30(25-13-21(7-9-28(25)40)34-20(2)5-4-6-31(34)48)45-36(51)35(26-14-23(38)8-10-29(26)41)47-17-22(11-12-46-18-24(39)19-46)27(15-32(47)49)37(42,43)44/h4-10,13-15,17,24,30,35,48H,3,11-12,16,18-19H2,1-2H3,(H,45,51)/t30-,35?/m0/s1. The minimum Gasteiger partial charge on any atom is -0.507 e. The summed E-state index contributed by atoms with van der Waals surface area (Å²) in [6, 6.07) is 8.86. The van der Waals surface area contributed by atoms with E-state index in [1.165, 1.54) is 37.3 Å². The first kappa shape index (κ1) is 38.6. The number of nitrogens with zero attached hydrogens (tertiary/aromatic N) is 2. The Kier molecular flexibility index (Phi) is 11.8. The van der Waals surface area contributed by atoms with Crippen LogP contribution in [0.1, 0.15) is 53.2 Å². The van der Waals surface area contributed by atoms with E-state index in [9.17, 15) is 37.1 Å². The molecule has 0 bridgehead atoms. The summed E-state index contributed by atoms with van der Waals surface area (Å²) in [7, 11) is 0. The molecular formula is C37H34BrF6N3O5. The van der Waals surface area contributed by atoms with Crippen LogP contribution >= 0.6 is 15.9 Å². The number of esters is 1. The van der Waals surface area contributed by atoms with Gasteiger partial charge in [0.25, 0.3) is 5.56 Å². The predicted molar refractivity (Wildman–Crippen MR) is 183 cm³/mol. The predicted octanol–water partition coefficient (Wildman–Crippen LogP) is 7.19. The zero-order chi connectivity index (χ0) is 37.9. The van der Waals surface area contributed by atoms with Crippen molar-refractivity contribution in [1.82, 2.24) is 14.8 Å².